The molecule has 0 saturated carbocycles. The molecule has 0 fully saturated rings. The van der Waals surface area contributed by atoms with Crippen LogP contribution in [0.1, 0.15) is 36.8 Å². The van der Waals surface area contributed by atoms with Crippen LogP contribution < -0.4 is 0 Å². The first-order valence-corrected chi connectivity index (χ1v) is 6.57. The molecule has 0 aliphatic heterocycles. The van der Waals surface area contributed by atoms with Gasteiger partial charge in [0.1, 0.15) is 0 Å². The molecule has 0 N–H and O–H groups in total. The summed E-state index contributed by atoms with van der Waals surface area (Å²) < 4.78 is 42.9. The highest BCUT2D eigenvalue weighted by atomic mass is 19.4. The lowest BCUT2D eigenvalue weighted by molar-refractivity contribution is -0.137. The van der Waals surface area contributed by atoms with E-state index >= 15 is 0 Å². The first kappa shape index (κ1) is 16.0. The van der Waals surface area contributed by atoms with Crippen LogP contribution in [-0.4, -0.2) is 13.2 Å². The quantitative estimate of drug-likeness (QED) is 0.626. The molecule has 1 aromatic carbocycles. The molecule has 1 aromatic rings. The third-order valence-electron chi connectivity index (χ3n) is 2.80. The standard InChI is InChI=1S/C15H20F3O/c1-2-3-4-10-19-11-6-8-13-7-5-9-14(12-13)15(16,17)18/h5,7,9,12H,1-4,6,8,10-11H2. The molecule has 1 radical (unpaired) electrons. The Hall–Kier alpha value is -1.03. The Labute approximate surface area is 112 Å². The van der Waals surface area contributed by atoms with Crippen LogP contribution in [0.4, 0.5) is 13.2 Å². The van der Waals surface area contributed by atoms with E-state index in [4.69, 9.17) is 4.74 Å². The summed E-state index contributed by atoms with van der Waals surface area (Å²) in [5, 5.41) is 0. The van der Waals surface area contributed by atoms with Gasteiger partial charge in [-0.2, -0.15) is 13.2 Å². The Balaban J connectivity index is 2.26. The highest BCUT2D eigenvalue weighted by Gasteiger charge is 2.30. The van der Waals surface area contributed by atoms with Crippen molar-refractivity contribution in [3.63, 3.8) is 0 Å². The first-order valence-electron chi connectivity index (χ1n) is 6.57. The molecule has 0 atom stereocenters. The topological polar surface area (TPSA) is 9.23 Å². The van der Waals surface area contributed by atoms with Crippen LogP contribution >= 0.6 is 0 Å². The lowest BCUT2D eigenvalue weighted by atomic mass is 10.1. The molecule has 1 rings (SSSR count). The van der Waals surface area contributed by atoms with E-state index < -0.39 is 11.7 Å². The molecule has 0 spiro atoms. The number of halogens is 3. The molecule has 107 valence electrons. The third-order valence-corrected chi connectivity index (χ3v) is 2.80. The molecular formula is C15H20F3O. The van der Waals surface area contributed by atoms with Crippen molar-refractivity contribution in [2.75, 3.05) is 13.2 Å². The average molecular weight is 273 g/mol. The van der Waals surface area contributed by atoms with Crippen molar-refractivity contribution in [2.24, 2.45) is 0 Å². The van der Waals surface area contributed by atoms with Gasteiger partial charge in [-0.25, -0.2) is 0 Å². The molecule has 0 heterocycles. The van der Waals surface area contributed by atoms with Gasteiger partial charge in [-0.05, 0) is 30.9 Å². The zero-order chi connectivity index (χ0) is 14.1. The van der Waals surface area contributed by atoms with E-state index in [-0.39, 0.29) is 0 Å². The number of aryl methyl sites for hydroxylation is 1. The number of ether oxygens (including phenoxy) is 1. The molecule has 0 aliphatic carbocycles. The lowest BCUT2D eigenvalue weighted by Crippen LogP contribution is -2.05. The maximum absolute atomic E-state index is 12.5. The smallest absolute Gasteiger partial charge is 0.381 e. The zero-order valence-electron chi connectivity index (χ0n) is 11.0. The second-order valence-corrected chi connectivity index (χ2v) is 4.47. The minimum atomic E-state index is -4.26. The Kier molecular flexibility index (Phi) is 6.92. The highest BCUT2D eigenvalue weighted by molar-refractivity contribution is 5.25. The minimum Gasteiger partial charge on any atom is -0.381 e. The fraction of sp³-hybridized carbons (Fsp3) is 0.533. The largest absolute Gasteiger partial charge is 0.416 e. The Bertz CT molecular complexity index is 361. The van der Waals surface area contributed by atoms with Gasteiger partial charge < -0.3 is 4.74 Å². The fourth-order valence-electron chi connectivity index (χ4n) is 1.76. The summed E-state index contributed by atoms with van der Waals surface area (Å²) in [6, 6.07) is 5.48. The van der Waals surface area contributed by atoms with Crippen LogP contribution in [0, 0.1) is 6.92 Å². The summed E-state index contributed by atoms with van der Waals surface area (Å²) >= 11 is 0. The molecule has 19 heavy (non-hydrogen) atoms. The maximum atomic E-state index is 12.5. The number of unbranched alkanes of at least 4 members (excludes halogenated alkanes) is 2. The second-order valence-electron chi connectivity index (χ2n) is 4.47. The van der Waals surface area contributed by atoms with Crippen molar-refractivity contribution in [2.45, 2.75) is 38.3 Å². The van der Waals surface area contributed by atoms with Crippen LogP contribution in [0.3, 0.4) is 0 Å². The van der Waals surface area contributed by atoms with E-state index in [1.165, 1.54) is 12.1 Å². The van der Waals surface area contributed by atoms with E-state index in [2.05, 4.69) is 6.92 Å². The first-order chi connectivity index (χ1) is 9.04. The molecule has 0 saturated heterocycles. The SMILES string of the molecule is [CH2]CCCCOCCCc1cccc(C(F)(F)F)c1. The van der Waals surface area contributed by atoms with Crippen molar-refractivity contribution in [3.8, 4) is 0 Å². The molecule has 1 nitrogen and oxygen atoms in total. The van der Waals surface area contributed by atoms with Crippen LogP contribution in [-0.2, 0) is 17.3 Å². The van der Waals surface area contributed by atoms with Crippen molar-refractivity contribution in [3.05, 3.63) is 42.3 Å². The van der Waals surface area contributed by atoms with Gasteiger partial charge in [0.15, 0.2) is 0 Å². The Morgan fingerprint density at radius 1 is 1.05 bits per heavy atom. The highest BCUT2D eigenvalue weighted by Crippen LogP contribution is 2.29. The third kappa shape index (κ3) is 6.62. The summed E-state index contributed by atoms with van der Waals surface area (Å²) in [6.07, 6.45) is 0.0416. The van der Waals surface area contributed by atoms with Gasteiger partial charge in [-0.15, -0.1) is 0 Å². The van der Waals surface area contributed by atoms with E-state index in [0.717, 1.165) is 31.7 Å². The van der Waals surface area contributed by atoms with Gasteiger partial charge >= 0.3 is 6.18 Å². The van der Waals surface area contributed by atoms with Gasteiger partial charge in [0.25, 0.3) is 0 Å². The summed E-state index contributed by atoms with van der Waals surface area (Å²) in [5.74, 6) is 0. The Morgan fingerprint density at radius 3 is 2.47 bits per heavy atom. The second kappa shape index (κ2) is 8.20. The van der Waals surface area contributed by atoms with E-state index in [9.17, 15) is 13.2 Å². The minimum absolute atomic E-state index is 0.582. The number of hydrogen-bond acceptors (Lipinski definition) is 1. The average Bonchev–Trinajstić information content (AvgIpc) is 2.37. The molecule has 4 heteroatoms. The fourth-order valence-corrected chi connectivity index (χ4v) is 1.76. The Morgan fingerprint density at radius 2 is 1.79 bits per heavy atom. The summed E-state index contributed by atoms with van der Waals surface area (Å²) in [5.41, 5.74) is 0.123. The van der Waals surface area contributed by atoms with Gasteiger partial charge in [0, 0.05) is 13.2 Å². The van der Waals surface area contributed by atoms with Crippen LogP contribution in [0.15, 0.2) is 24.3 Å². The molecule has 0 unspecified atom stereocenters. The van der Waals surface area contributed by atoms with Crippen LogP contribution in [0.5, 0.6) is 0 Å². The summed E-state index contributed by atoms with van der Waals surface area (Å²) in [4.78, 5) is 0. The van der Waals surface area contributed by atoms with E-state index in [1.807, 2.05) is 0 Å². The molecule has 0 amide bonds. The zero-order valence-corrected chi connectivity index (χ0v) is 11.0. The predicted octanol–water partition coefficient (Wildman–Crippen LogP) is 4.66. The van der Waals surface area contributed by atoms with E-state index in [1.54, 1.807) is 6.07 Å². The number of rotatable bonds is 8. The molecule has 0 aromatic heterocycles. The van der Waals surface area contributed by atoms with Gasteiger partial charge in [0.2, 0.25) is 0 Å². The number of alkyl halides is 3. The predicted molar refractivity (Wildman–Crippen MR) is 69.8 cm³/mol. The van der Waals surface area contributed by atoms with Crippen molar-refractivity contribution in [1.82, 2.24) is 0 Å². The summed E-state index contributed by atoms with van der Waals surface area (Å²) in [6.45, 7) is 5.04. The van der Waals surface area contributed by atoms with Crippen molar-refractivity contribution < 1.29 is 17.9 Å². The van der Waals surface area contributed by atoms with Gasteiger partial charge in [-0.1, -0.05) is 38.0 Å². The van der Waals surface area contributed by atoms with Crippen molar-refractivity contribution >= 4 is 0 Å². The van der Waals surface area contributed by atoms with E-state index in [0.29, 0.717) is 25.2 Å². The molecule has 0 aliphatic rings. The number of hydrogen-bond donors (Lipinski definition) is 0. The lowest BCUT2D eigenvalue weighted by Gasteiger charge is -2.09. The molecule has 0 bridgehead atoms. The summed E-state index contributed by atoms with van der Waals surface area (Å²) in [7, 11) is 0. The van der Waals surface area contributed by atoms with Crippen LogP contribution in [0.2, 0.25) is 0 Å². The van der Waals surface area contributed by atoms with Gasteiger partial charge in [0.05, 0.1) is 5.56 Å². The monoisotopic (exact) mass is 273 g/mol. The maximum Gasteiger partial charge on any atom is 0.416 e. The van der Waals surface area contributed by atoms with Gasteiger partial charge in [-0.3, -0.25) is 0 Å². The number of benzene rings is 1. The molecular weight excluding hydrogens is 253 g/mol. The normalized spacial score (nSPS) is 11.8. The van der Waals surface area contributed by atoms with Crippen molar-refractivity contribution in [1.29, 1.82) is 0 Å². The van der Waals surface area contributed by atoms with Crippen LogP contribution in [0.25, 0.3) is 0 Å².